The molecule has 2 N–H and O–H groups in total. The van der Waals surface area contributed by atoms with Gasteiger partial charge in [0.05, 0.1) is 55.2 Å². The minimum absolute atomic E-state index is 0.191. The fraction of sp³-hybridized carbons (Fsp3) is 0.484. The van der Waals surface area contributed by atoms with E-state index >= 15 is 0 Å². The van der Waals surface area contributed by atoms with Gasteiger partial charge >= 0.3 is 0 Å². The van der Waals surface area contributed by atoms with Gasteiger partial charge in [0.2, 0.25) is 0 Å². The van der Waals surface area contributed by atoms with Gasteiger partial charge in [0.15, 0.2) is 9.84 Å². The second kappa shape index (κ2) is 13.1. The number of aromatic nitrogens is 1. The Labute approximate surface area is 242 Å². The third kappa shape index (κ3) is 6.97. The quantitative estimate of drug-likeness (QED) is 0.359. The van der Waals surface area contributed by atoms with Crippen molar-refractivity contribution in [3.8, 4) is 17.6 Å². The Hall–Kier alpha value is -3.26. The van der Waals surface area contributed by atoms with E-state index in [1.807, 2.05) is 22.8 Å². The maximum Gasteiger partial charge on any atom is 0.175 e. The molecular weight excluding hydrogens is 543 g/mol. The molecule has 0 spiro atoms. The SMILES string of the molecule is COc1cc(S(C)(=O)=O)ccc1NCC#Cc1cc2c(N[C@H]3CC[C@H](N4CCOCC4)CC3)cccc2n1CCF. The van der Waals surface area contributed by atoms with Gasteiger partial charge in [-0.1, -0.05) is 12.0 Å². The average molecular weight is 583 g/mol. The highest BCUT2D eigenvalue weighted by Crippen LogP contribution is 2.32. The molecule has 41 heavy (non-hydrogen) atoms. The van der Waals surface area contributed by atoms with Gasteiger partial charge in [0, 0.05) is 48.6 Å². The second-order valence-electron chi connectivity index (χ2n) is 10.7. The van der Waals surface area contributed by atoms with Crippen LogP contribution in [0.5, 0.6) is 5.75 Å². The highest BCUT2D eigenvalue weighted by Gasteiger charge is 2.27. The molecule has 1 aliphatic carbocycles. The molecule has 10 heteroatoms. The number of hydrogen-bond donors (Lipinski definition) is 2. The molecule has 2 aliphatic rings. The number of nitrogens with zero attached hydrogens (tertiary/aromatic N) is 2. The molecule has 0 bridgehead atoms. The van der Waals surface area contributed by atoms with Gasteiger partial charge in [0.25, 0.3) is 0 Å². The van der Waals surface area contributed by atoms with Crippen LogP contribution in [0, 0.1) is 11.8 Å². The third-order valence-electron chi connectivity index (χ3n) is 8.06. The van der Waals surface area contributed by atoms with Crippen LogP contribution in [-0.2, 0) is 21.1 Å². The number of hydrogen-bond acceptors (Lipinski definition) is 7. The summed E-state index contributed by atoms with van der Waals surface area (Å²) in [4.78, 5) is 2.77. The molecule has 0 amide bonds. The molecule has 1 saturated carbocycles. The molecule has 220 valence electrons. The molecule has 8 nitrogen and oxygen atoms in total. The molecule has 0 unspecified atom stereocenters. The van der Waals surface area contributed by atoms with Crippen molar-refractivity contribution in [2.24, 2.45) is 0 Å². The molecule has 1 aromatic heterocycles. The molecule has 0 atom stereocenters. The molecule has 2 heterocycles. The zero-order valence-electron chi connectivity index (χ0n) is 23.8. The van der Waals surface area contributed by atoms with Crippen LogP contribution < -0.4 is 15.4 Å². The monoisotopic (exact) mass is 582 g/mol. The largest absolute Gasteiger partial charge is 0.495 e. The standard InChI is InChI=1S/C31H39FN4O4S/c1-39-31-22-26(41(2,37)38)12-13-29(31)33-15-4-5-25-21-27-28(6-3-7-30(27)36(25)16-14-32)34-23-8-10-24(11-9-23)35-17-19-40-20-18-35/h3,6-7,12-13,21-24,33-34H,8-11,14-20H2,1-2H3/t23-,24-. The lowest BCUT2D eigenvalue weighted by atomic mass is 9.89. The lowest BCUT2D eigenvalue weighted by Gasteiger charge is -2.39. The summed E-state index contributed by atoms with van der Waals surface area (Å²) < 4.78 is 50.1. The smallest absolute Gasteiger partial charge is 0.175 e. The van der Waals surface area contributed by atoms with E-state index in [9.17, 15) is 12.8 Å². The van der Waals surface area contributed by atoms with E-state index in [4.69, 9.17) is 9.47 Å². The lowest BCUT2D eigenvalue weighted by Crippen LogP contribution is -2.46. The Morgan fingerprint density at radius 2 is 1.85 bits per heavy atom. The van der Waals surface area contributed by atoms with Crippen LogP contribution in [0.4, 0.5) is 15.8 Å². The number of fused-ring (bicyclic) bond motifs is 1. The number of halogens is 1. The molecular formula is C31H39FN4O4S. The van der Waals surface area contributed by atoms with E-state index in [-0.39, 0.29) is 11.4 Å². The predicted octanol–water partition coefficient (Wildman–Crippen LogP) is 4.54. The van der Waals surface area contributed by atoms with Gasteiger partial charge in [-0.05, 0) is 61.9 Å². The van der Waals surface area contributed by atoms with Crippen LogP contribution in [0.3, 0.4) is 0 Å². The van der Waals surface area contributed by atoms with Crippen molar-refractivity contribution in [3.05, 3.63) is 48.2 Å². The van der Waals surface area contributed by atoms with Gasteiger partial charge in [-0.25, -0.2) is 12.8 Å². The Morgan fingerprint density at radius 1 is 1.07 bits per heavy atom. The van der Waals surface area contributed by atoms with Crippen molar-refractivity contribution in [2.75, 3.05) is 63.5 Å². The Balaban J connectivity index is 1.28. The number of nitrogens with one attached hydrogen (secondary N) is 2. The Bertz CT molecular complexity index is 1510. The number of benzene rings is 2. The fourth-order valence-electron chi connectivity index (χ4n) is 5.91. The highest BCUT2D eigenvalue weighted by atomic mass is 32.2. The number of anilines is 2. The van der Waals surface area contributed by atoms with E-state index in [0.29, 0.717) is 30.1 Å². The molecule has 0 radical (unpaired) electrons. The van der Waals surface area contributed by atoms with Crippen molar-refractivity contribution in [1.82, 2.24) is 9.47 Å². The number of morpholine rings is 1. The van der Waals surface area contributed by atoms with Crippen LogP contribution in [0.1, 0.15) is 31.4 Å². The Morgan fingerprint density at radius 3 is 2.56 bits per heavy atom. The summed E-state index contributed by atoms with van der Waals surface area (Å²) >= 11 is 0. The van der Waals surface area contributed by atoms with Crippen LogP contribution in [0.25, 0.3) is 10.9 Å². The van der Waals surface area contributed by atoms with Gasteiger partial charge < -0.3 is 24.7 Å². The molecule has 1 saturated heterocycles. The average Bonchev–Trinajstić information content (AvgIpc) is 3.34. The third-order valence-corrected chi connectivity index (χ3v) is 9.17. The summed E-state index contributed by atoms with van der Waals surface area (Å²) in [6.07, 6.45) is 5.77. The minimum atomic E-state index is -3.34. The first-order chi connectivity index (χ1) is 19.9. The zero-order chi connectivity index (χ0) is 28.8. The molecule has 2 fully saturated rings. The lowest BCUT2D eigenvalue weighted by molar-refractivity contribution is 0.00791. The van der Waals surface area contributed by atoms with Crippen LogP contribution in [0.15, 0.2) is 47.4 Å². The first-order valence-corrected chi connectivity index (χ1v) is 16.1. The van der Waals surface area contributed by atoms with E-state index in [0.717, 1.165) is 67.7 Å². The number of aryl methyl sites for hydroxylation is 1. The number of ether oxygens (including phenoxy) is 2. The highest BCUT2D eigenvalue weighted by molar-refractivity contribution is 7.90. The second-order valence-corrected chi connectivity index (χ2v) is 12.7. The van der Waals surface area contributed by atoms with Gasteiger partial charge in [-0.2, -0.15) is 0 Å². The molecule has 3 aromatic rings. The fourth-order valence-corrected chi connectivity index (χ4v) is 6.55. The van der Waals surface area contributed by atoms with E-state index in [1.165, 1.54) is 32.1 Å². The maximum absolute atomic E-state index is 13.6. The number of sulfone groups is 1. The van der Waals surface area contributed by atoms with Gasteiger partial charge in [-0.3, -0.25) is 4.90 Å². The number of alkyl halides is 1. The minimum Gasteiger partial charge on any atom is -0.495 e. The van der Waals surface area contributed by atoms with Crippen molar-refractivity contribution in [3.63, 3.8) is 0 Å². The van der Waals surface area contributed by atoms with E-state index in [1.54, 1.807) is 6.07 Å². The van der Waals surface area contributed by atoms with Crippen molar-refractivity contribution in [1.29, 1.82) is 0 Å². The van der Waals surface area contributed by atoms with Crippen LogP contribution in [-0.4, -0.2) is 82.9 Å². The first-order valence-electron chi connectivity index (χ1n) is 14.2. The summed E-state index contributed by atoms with van der Waals surface area (Å²) in [7, 11) is -1.84. The zero-order valence-corrected chi connectivity index (χ0v) is 24.6. The van der Waals surface area contributed by atoms with Crippen molar-refractivity contribution >= 4 is 32.1 Å². The van der Waals surface area contributed by atoms with Crippen molar-refractivity contribution in [2.45, 2.75) is 49.2 Å². The number of methoxy groups -OCH3 is 1. The predicted molar refractivity (Wildman–Crippen MR) is 161 cm³/mol. The maximum atomic E-state index is 13.6. The van der Waals surface area contributed by atoms with Crippen molar-refractivity contribution < 1.29 is 22.3 Å². The summed E-state index contributed by atoms with van der Waals surface area (Å²) in [5.41, 5.74) is 3.43. The topological polar surface area (TPSA) is 84.8 Å². The van der Waals surface area contributed by atoms with Gasteiger partial charge in [0.1, 0.15) is 12.4 Å². The molecule has 2 aromatic carbocycles. The normalized spacial score (nSPS) is 19.9. The van der Waals surface area contributed by atoms with E-state index in [2.05, 4.69) is 33.4 Å². The van der Waals surface area contributed by atoms with E-state index < -0.39 is 16.5 Å². The Kier molecular flexibility index (Phi) is 9.38. The molecule has 1 aliphatic heterocycles. The number of rotatable bonds is 9. The summed E-state index contributed by atoms with van der Waals surface area (Å²) in [5.74, 6) is 6.77. The summed E-state index contributed by atoms with van der Waals surface area (Å²) in [6, 6.07) is 13.9. The summed E-state index contributed by atoms with van der Waals surface area (Å²) in [6.45, 7) is 3.80. The van der Waals surface area contributed by atoms with Gasteiger partial charge in [-0.15, -0.1) is 0 Å². The first kappa shape index (κ1) is 29.2. The van der Waals surface area contributed by atoms with Crippen LogP contribution >= 0.6 is 0 Å². The summed E-state index contributed by atoms with van der Waals surface area (Å²) in [5, 5.41) is 8.02. The van der Waals surface area contributed by atoms with Crippen LogP contribution in [0.2, 0.25) is 0 Å². The molecule has 5 rings (SSSR count).